The first kappa shape index (κ1) is 18.4. The Labute approximate surface area is 169 Å². The molecule has 2 fully saturated rings. The minimum Gasteiger partial charge on any atom is -0.355 e. The summed E-state index contributed by atoms with van der Waals surface area (Å²) in [7, 11) is 0. The number of ether oxygens (including phenoxy) is 1. The molecule has 0 amide bonds. The number of hydrogen-bond acceptors (Lipinski definition) is 2. The molecule has 0 spiro atoms. The third-order valence-electron chi connectivity index (χ3n) is 7.73. The highest BCUT2D eigenvalue weighted by atomic mass is 16.5. The van der Waals surface area contributed by atoms with Crippen molar-refractivity contribution in [2.45, 2.75) is 70.2 Å². The van der Waals surface area contributed by atoms with Gasteiger partial charge >= 0.3 is 0 Å². The maximum Gasteiger partial charge on any atom is 0.137 e. The molecule has 1 aliphatic carbocycles. The molecule has 0 radical (unpaired) electrons. The van der Waals surface area contributed by atoms with Crippen molar-refractivity contribution < 1.29 is 4.74 Å². The number of nitrogens with zero attached hydrogens (tertiary/aromatic N) is 1. The minimum atomic E-state index is 0.116. The van der Waals surface area contributed by atoms with E-state index in [0.29, 0.717) is 17.9 Å². The maximum atomic E-state index is 6.85. The lowest BCUT2D eigenvalue weighted by Gasteiger charge is -2.60. The summed E-state index contributed by atoms with van der Waals surface area (Å²) in [5.74, 6) is 1.95. The summed E-state index contributed by atoms with van der Waals surface area (Å²) in [6.45, 7) is 8.43. The van der Waals surface area contributed by atoms with Crippen molar-refractivity contribution in [3.05, 3.63) is 71.3 Å². The number of fused-ring (bicyclic) bond motifs is 4. The smallest absolute Gasteiger partial charge is 0.137 e. The van der Waals surface area contributed by atoms with Crippen LogP contribution in [0.25, 0.3) is 0 Å². The molecule has 2 aromatic rings. The Hall–Kier alpha value is -1.64. The standard InChI is InChI=1S/C26H33NO/c1-18-13-14-23-24(15-18)28-25-22-12-8-7-11-21(22)20(17-27(25)26(23,2)3)16-19-9-5-4-6-10-19/h4-12,18,20,23-25H,13-17H2,1-3H3/t18-,20-,23?,24?,25+/m1/s1. The quantitative estimate of drug-likeness (QED) is 0.644. The number of rotatable bonds is 2. The van der Waals surface area contributed by atoms with E-state index in [0.717, 1.165) is 18.9 Å². The zero-order chi connectivity index (χ0) is 19.3. The fourth-order valence-corrected chi connectivity index (χ4v) is 6.13. The van der Waals surface area contributed by atoms with E-state index in [1.165, 1.54) is 36.0 Å². The van der Waals surface area contributed by atoms with E-state index >= 15 is 0 Å². The molecule has 3 aliphatic rings. The van der Waals surface area contributed by atoms with Crippen molar-refractivity contribution >= 4 is 0 Å². The Balaban J connectivity index is 1.52. The van der Waals surface area contributed by atoms with Gasteiger partial charge in [0, 0.05) is 23.9 Å². The summed E-state index contributed by atoms with van der Waals surface area (Å²) >= 11 is 0. The third-order valence-corrected chi connectivity index (χ3v) is 7.73. The van der Waals surface area contributed by atoms with Gasteiger partial charge in [0.15, 0.2) is 0 Å². The van der Waals surface area contributed by atoms with Crippen LogP contribution < -0.4 is 0 Å². The van der Waals surface area contributed by atoms with Crippen LogP contribution in [0.1, 0.15) is 68.9 Å². The molecule has 1 saturated heterocycles. The topological polar surface area (TPSA) is 12.5 Å². The average Bonchev–Trinajstić information content (AvgIpc) is 2.69. The summed E-state index contributed by atoms with van der Waals surface area (Å²) in [5.41, 5.74) is 4.50. The fourth-order valence-electron chi connectivity index (χ4n) is 6.13. The monoisotopic (exact) mass is 375 g/mol. The molecular weight excluding hydrogens is 342 g/mol. The summed E-state index contributed by atoms with van der Waals surface area (Å²) in [5, 5.41) is 0. The van der Waals surface area contributed by atoms with Crippen molar-refractivity contribution in [1.29, 1.82) is 0 Å². The van der Waals surface area contributed by atoms with Crippen molar-refractivity contribution in [1.82, 2.24) is 4.90 Å². The third kappa shape index (κ3) is 3.02. The Morgan fingerprint density at radius 3 is 2.46 bits per heavy atom. The van der Waals surface area contributed by atoms with Crippen molar-refractivity contribution in [3.63, 3.8) is 0 Å². The van der Waals surface area contributed by atoms with Gasteiger partial charge in [0.25, 0.3) is 0 Å². The molecule has 2 aromatic carbocycles. The average molecular weight is 376 g/mol. The molecule has 5 atom stereocenters. The normalized spacial score (nSPS) is 34.2. The molecule has 2 nitrogen and oxygen atoms in total. The highest BCUT2D eigenvalue weighted by Gasteiger charge is 2.53. The van der Waals surface area contributed by atoms with Crippen LogP contribution in [0.5, 0.6) is 0 Å². The molecule has 2 heterocycles. The van der Waals surface area contributed by atoms with Gasteiger partial charge in [-0.1, -0.05) is 67.9 Å². The Kier molecular flexibility index (Phi) is 4.60. The SMILES string of the molecule is C[C@@H]1CCC2C(C1)O[C@H]1c3ccccc3[C@H](Cc3ccccc3)CN1C2(C)C. The highest BCUT2D eigenvalue weighted by molar-refractivity contribution is 5.37. The summed E-state index contributed by atoms with van der Waals surface area (Å²) in [6.07, 6.45) is 5.48. The van der Waals surface area contributed by atoms with Crippen LogP contribution in [0.4, 0.5) is 0 Å². The lowest BCUT2D eigenvalue weighted by molar-refractivity contribution is -0.242. The zero-order valence-corrected chi connectivity index (χ0v) is 17.5. The van der Waals surface area contributed by atoms with E-state index < -0.39 is 0 Å². The molecule has 148 valence electrons. The van der Waals surface area contributed by atoms with Gasteiger partial charge in [0.1, 0.15) is 6.23 Å². The van der Waals surface area contributed by atoms with E-state index in [1.54, 1.807) is 0 Å². The molecule has 2 heteroatoms. The molecule has 2 unspecified atom stereocenters. The summed E-state index contributed by atoms with van der Waals surface area (Å²) in [6, 6.07) is 20.0. The largest absolute Gasteiger partial charge is 0.355 e. The Bertz CT molecular complexity index is 829. The van der Waals surface area contributed by atoms with Gasteiger partial charge in [-0.05, 0) is 55.7 Å². The molecule has 5 rings (SSSR count). The molecular formula is C26H33NO. The van der Waals surface area contributed by atoms with Crippen LogP contribution in [0.15, 0.2) is 54.6 Å². The van der Waals surface area contributed by atoms with Gasteiger partial charge < -0.3 is 4.74 Å². The Morgan fingerprint density at radius 2 is 1.68 bits per heavy atom. The Morgan fingerprint density at radius 1 is 0.964 bits per heavy atom. The lowest BCUT2D eigenvalue weighted by atomic mass is 9.68. The van der Waals surface area contributed by atoms with E-state index in [1.807, 2.05) is 0 Å². The van der Waals surface area contributed by atoms with Crippen molar-refractivity contribution in [3.8, 4) is 0 Å². The van der Waals surface area contributed by atoms with Gasteiger partial charge in [-0.25, -0.2) is 0 Å². The van der Waals surface area contributed by atoms with E-state index in [9.17, 15) is 0 Å². The van der Waals surface area contributed by atoms with Gasteiger partial charge in [0.2, 0.25) is 0 Å². The first-order chi connectivity index (χ1) is 13.5. The predicted octanol–water partition coefficient (Wildman–Crippen LogP) is 5.94. The number of hydrogen-bond donors (Lipinski definition) is 0. The van der Waals surface area contributed by atoms with Crippen LogP contribution in [0, 0.1) is 11.8 Å². The fraction of sp³-hybridized carbons (Fsp3) is 0.538. The summed E-state index contributed by atoms with van der Waals surface area (Å²) < 4.78 is 6.85. The second-order valence-corrected chi connectivity index (χ2v) is 9.87. The van der Waals surface area contributed by atoms with Gasteiger partial charge in [-0.2, -0.15) is 0 Å². The first-order valence-corrected chi connectivity index (χ1v) is 11.1. The minimum absolute atomic E-state index is 0.116. The van der Waals surface area contributed by atoms with Crippen LogP contribution >= 0.6 is 0 Å². The molecule has 0 bridgehead atoms. The lowest BCUT2D eigenvalue weighted by Crippen LogP contribution is -2.63. The number of benzene rings is 2. The van der Waals surface area contributed by atoms with E-state index in [2.05, 4.69) is 80.3 Å². The maximum absolute atomic E-state index is 6.85. The van der Waals surface area contributed by atoms with Gasteiger partial charge in [-0.3, -0.25) is 4.90 Å². The molecule has 2 aliphatic heterocycles. The van der Waals surface area contributed by atoms with Gasteiger partial charge in [0.05, 0.1) is 6.10 Å². The first-order valence-electron chi connectivity index (χ1n) is 11.1. The zero-order valence-electron chi connectivity index (χ0n) is 17.5. The molecule has 1 saturated carbocycles. The second kappa shape index (κ2) is 7.00. The molecule has 28 heavy (non-hydrogen) atoms. The van der Waals surface area contributed by atoms with Crippen molar-refractivity contribution in [2.24, 2.45) is 11.8 Å². The predicted molar refractivity (Wildman–Crippen MR) is 114 cm³/mol. The van der Waals surface area contributed by atoms with E-state index in [-0.39, 0.29) is 11.8 Å². The highest BCUT2D eigenvalue weighted by Crippen LogP contribution is 2.52. The van der Waals surface area contributed by atoms with Crippen LogP contribution in [-0.4, -0.2) is 23.1 Å². The molecule has 0 N–H and O–H groups in total. The van der Waals surface area contributed by atoms with Crippen LogP contribution in [-0.2, 0) is 11.2 Å². The van der Waals surface area contributed by atoms with Crippen molar-refractivity contribution in [2.75, 3.05) is 6.54 Å². The second-order valence-electron chi connectivity index (χ2n) is 9.87. The van der Waals surface area contributed by atoms with Crippen LogP contribution in [0.2, 0.25) is 0 Å². The molecule has 0 aromatic heterocycles. The van der Waals surface area contributed by atoms with E-state index in [4.69, 9.17) is 4.74 Å². The van der Waals surface area contributed by atoms with Gasteiger partial charge in [-0.15, -0.1) is 0 Å². The summed E-state index contributed by atoms with van der Waals surface area (Å²) in [4.78, 5) is 2.69. The van der Waals surface area contributed by atoms with Crippen LogP contribution in [0.3, 0.4) is 0 Å².